The molecule has 12 heteroatoms. The Kier molecular flexibility index (Phi) is 7.48. The third-order valence-electron chi connectivity index (χ3n) is 6.33. The molecule has 4 N–H and O–H groups in total. The number of aliphatic carboxylic acids is 1. The molecular weight excluding hydrogens is 496 g/mol. The van der Waals surface area contributed by atoms with Crippen LogP contribution in [0, 0.1) is 5.82 Å². The smallest absolute Gasteiger partial charge is 0.475 e. The average Bonchev–Trinajstić information content (AvgIpc) is 3.47. The van der Waals surface area contributed by atoms with E-state index in [-0.39, 0.29) is 17.6 Å². The number of alkyl halides is 3. The maximum absolute atomic E-state index is 13.4. The quantitative estimate of drug-likeness (QED) is 0.344. The van der Waals surface area contributed by atoms with Crippen LogP contribution in [-0.4, -0.2) is 57.3 Å². The second-order valence-corrected chi connectivity index (χ2v) is 8.78. The summed E-state index contributed by atoms with van der Waals surface area (Å²) < 4.78 is 50.4. The van der Waals surface area contributed by atoms with Crippen LogP contribution in [0.3, 0.4) is 0 Å². The van der Waals surface area contributed by atoms with Crippen molar-refractivity contribution >= 4 is 33.7 Å². The predicted octanol–water partition coefficient (Wildman–Crippen LogP) is 4.36. The van der Waals surface area contributed by atoms with Gasteiger partial charge in [0.2, 0.25) is 5.91 Å². The van der Waals surface area contributed by atoms with Crippen molar-refractivity contribution in [2.75, 3.05) is 13.1 Å². The molecule has 1 atom stereocenters. The van der Waals surface area contributed by atoms with Gasteiger partial charge < -0.3 is 25.2 Å². The zero-order valence-electron chi connectivity index (χ0n) is 19.5. The van der Waals surface area contributed by atoms with Gasteiger partial charge in [-0.2, -0.15) is 13.2 Å². The second kappa shape index (κ2) is 10.6. The molecule has 1 aliphatic heterocycles. The first-order valence-electron chi connectivity index (χ1n) is 11.5. The number of hydrogen-bond donors (Lipinski definition) is 3. The van der Waals surface area contributed by atoms with E-state index in [1.54, 1.807) is 6.07 Å². The number of rotatable bonds is 4. The highest BCUT2D eigenvalue weighted by atomic mass is 19.4. The van der Waals surface area contributed by atoms with Crippen LogP contribution in [0.25, 0.3) is 21.9 Å². The molecule has 0 saturated carbocycles. The lowest BCUT2D eigenvalue weighted by molar-refractivity contribution is -0.192. The summed E-state index contributed by atoms with van der Waals surface area (Å²) in [5, 5.41) is 13.2. The van der Waals surface area contributed by atoms with Gasteiger partial charge in [-0.25, -0.2) is 9.18 Å². The lowest BCUT2D eigenvalue weighted by Gasteiger charge is -2.33. The fraction of sp³-hybridized carbons (Fsp3) is 0.320. The molecule has 0 unspecified atom stereocenters. The Labute approximate surface area is 208 Å². The molecule has 196 valence electrons. The largest absolute Gasteiger partial charge is 0.490 e. The third-order valence-corrected chi connectivity index (χ3v) is 6.33. The fourth-order valence-electron chi connectivity index (χ4n) is 4.46. The van der Waals surface area contributed by atoms with E-state index in [4.69, 9.17) is 20.2 Å². The lowest BCUT2D eigenvalue weighted by atomic mass is 9.91. The van der Waals surface area contributed by atoms with Gasteiger partial charge in [0.1, 0.15) is 5.82 Å². The topological polar surface area (TPSA) is 125 Å². The summed E-state index contributed by atoms with van der Waals surface area (Å²) in [6, 6.07) is 11.9. The molecule has 4 aromatic rings. The van der Waals surface area contributed by atoms with E-state index in [0.717, 1.165) is 40.4 Å². The lowest BCUT2D eigenvalue weighted by Crippen LogP contribution is -2.47. The van der Waals surface area contributed by atoms with Gasteiger partial charge >= 0.3 is 12.1 Å². The number of amides is 1. The molecule has 1 aliphatic rings. The molecule has 0 spiro atoms. The number of halogens is 4. The average molecular weight is 520 g/mol. The predicted molar refractivity (Wildman–Crippen MR) is 126 cm³/mol. The number of carbonyl (C=O) groups excluding carboxylic acids is 1. The number of carboxylic acids is 1. The molecule has 0 bridgehead atoms. The van der Waals surface area contributed by atoms with Crippen molar-refractivity contribution in [1.29, 1.82) is 0 Å². The van der Waals surface area contributed by atoms with Gasteiger partial charge in [0.05, 0.1) is 11.7 Å². The van der Waals surface area contributed by atoms with Crippen molar-refractivity contribution in [3.05, 3.63) is 65.7 Å². The van der Waals surface area contributed by atoms with E-state index in [9.17, 15) is 22.4 Å². The Balaban J connectivity index is 0.000000405. The number of nitrogens with zero attached hydrogens (tertiary/aromatic N) is 2. The number of carbonyl (C=O) groups is 2. The number of nitrogens with two attached hydrogens (primary N) is 1. The van der Waals surface area contributed by atoms with Crippen LogP contribution >= 0.6 is 0 Å². The molecule has 2 aromatic heterocycles. The standard InChI is InChI=1S/C23H23FN4O2.C2HF3O2/c24-16-5-6-18-21(12-16)30-27-22(18)14-7-9-28(10-8-14)23(29)19(25)11-15-13-26-20-4-2-1-3-17(15)20;3-2(4,5)1(6)7/h1-6,12-14,19,26H,7-11,25H2;(H,6,7)/t19-;/m0./s1. The van der Waals surface area contributed by atoms with Crippen LogP contribution < -0.4 is 5.73 Å². The van der Waals surface area contributed by atoms with Crippen molar-refractivity contribution in [3.63, 3.8) is 0 Å². The Morgan fingerprint density at radius 3 is 2.51 bits per heavy atom. The van der Waals surface area contributed by atoms with Gasteiger partial charge in [0.15, 0.2) is 5.58 Å². The molecule has 5 rings (SSSR count). The summed E-state index contributed by atoms with van der Waals surface area (Å²) in [6.07, 6.45) is -1.08. The summed E-state index contributed by atoms with van der Waals surface area (Å²) in [4.78, 5) is 26.9. The number of para-hydroxylation sites is 1. The van der Waals surface area contributed by atoms with Gasteiger partial charge in [-0.15, -0.1) is 0 Å². The van der Waals surface area contributed by atoms with Gasteiger partial charge in [-0.3, -0.25) is 4.79 Å². The number of aromatic amines is 1. The van der Waals surface area contributed by atoms with Gasteiger partial charge in [-0.1, -0.05) is 23.4 Å². The molecule has 37 heavy (non-hydrogen) atoms. The number of carboxylic acid groups (broad SMARTS) is 1. The summed E-state index contributed by atoms with van der Waals surface area (Å²) >= 11 is 0. The Morgan fingerprint density at radius 1 is 1.16 bits per heavy atom. The Bertz CT molecular complexity index is 1410. The zero-order chi connectivity index (χ0) is 26.7. The minimum absolute atomic E-state index is 0.0224. The summed E-state index contributed by atoms with van der Waals surface area (Å²) in [7, 11) is 0. The fourth-order valence-corrected chi connectivity index (χ4v) is 4.46. The van der Waals surface area contributed by atoms with Crippen molar-refractivity contribution in [2.45, 2.75) is 37.4 Å². The maximum atomic E-state index is 13.4. The van der Waals surface area contributed by atoms with Crippen LogP contribution in [0.1, 0.15) is 30.0 Å². The number of nitrogens with one attached hydrogen (secondary N) is 1. The highest BCUT2D eigenvalue weighted by Gasteiger charge is 2.38. The zero-order valence-corrected chi connectivity index (χ0v) is 19.5. The summed E-state index contributed by atoms with van der Waals surface area (Å²) in [6.45, 7) is 1.25. The molecule has 1 amide bonds. The number of piperidine rings is 1. The van der Waals surface area contributed by atoms with E-state index in [1.807, 2.05) is 35.4 Å². The first kappa shape index (κ1) is 26.1. The normalized spacial score (nSPS) is 15.4. The molecular formula is C25H24F4N4O4. The number of aromatic nitrogens is 2. The van der Waals surface area contributed by atoms with Crippen molar-refractivity contribution < 1.29 is 36.8 Å². The monoisotopic (exact) mass is 520 g/mol. The molecule has 2 aromatic carbocycles. The molecule has 0 radical (unpaired) electrons. The number of benzene rings is 2. The van der Waals surface area contributed by atoms with Crippen LogP contribution in [0.2, 0.25) is 0 Å². The highest BCUT2D eigenvalue weighted by molar-refractivity contribution is 5.86. The van der Waals surface area contributed by atoms with Crippen molar-refractivity contribution in [3.8, 4) is 0 Å². The molecule has 1 fully saturated rings. The van der Waals surface area contributed by atoms with E-state index < -0.39 is 18.2 Å². The van der Waals surface area contributed by atoms with Gasteiger partial charge in [0.25, 0.3) is 0 Å². The van der Waals surface area contributed by atoms with Crippen molar-refractivity contribution in [1.82, 2.24) is 15.0 Å². The van der Waals surface area contributed by atoms with Crippen LogP contribution in [0.15, 0.2) is 53.2 Å². The third kappa shape index (κ3) is 5.91. The molecule has 1 saturated heterocycles. The van der Waals surface area contributed by atoms with Crippen LogP contribution in [0.4, 0.5) is 17.6 Å². The number of hydrogen-bond acceptors (Lipinski definition) is 5. The minimum atomic E-state index is -5.08. The van der Waals surface area contributed by atoms with E-state index >= 15 is 0 Å². The molecule has 3 heterocycles. The van der Waals surface area contributed by atoms with E-state index in [0.29, 0.717) is 25.1 Å². The number of H-pyrrole nitrogens is 1. The molecule has 0 aliphatic carbocycles. The summed E-state index contributed by atoms with van der Waals surface area (Å²) in [5.41, 5.74) is 9.70. The maximum Gasteiger partial charge on any atom is 0.490 e. The number of likely N-dealkylation sites (tertiary alicyclic amines) is 1. The van der Waals surface area contributed by atoms with Gasteiger partial charge in [-0.05, 0) is 43.0 Å². The Hall–Kier alpha value is -3.93. The van der Waals surface area contributed by atoms with Crippen LogP contribution in [0.5, 0.6) is 0 Å². The molecule has 8 nitrogen and oxygen atoms in total. The summed E-state index contributed by atoms with van der Waals surface area (Å²) in [5.74, 6) is -2.93. The van der Waals surface area contributed by atoms with E-state index in [1.165, 1.54) is 12.1 Å². The SMILES string of the molecule is N[C@@H](Cc1c[nH]c2ccccc12)C(=O)N1CCC(c2noc3cc(F)ccc23)CC1.O=C(O)C(F)(F)F. The Morgan fingerprint density at radius 2 is 1.84 bits per heavy atom. The van der Waals surface area contributed by atoms with E-state index in [2.05, 4.69) is 10.1 Å². The first-order chi connectivity index (χ1) is 17.5. The van der Waals surface area contributed by atoms with Gasteiger partial charge in [0, 0.05) is 47.6 Å². The highest BCUT2D eigenvalue weighted by Crippen LogP contribution is 2.33. The minimum Gasteiger partial charge on any atom is -0.475 e. The second-order valence-electron chi connectivity index (χ2n) is 8.78. The first-order valence-corrected chi connectivity index (χ1v) is 11.5. The van der Waals surface area contributed by atoms with Crippen molar-refractivity contribution in [2.24, 2.45) is 5.73 Å². The number of fused-ring (bicyclic) bond motifs is 2. The van der Waals surface area contributed by atoms with Crippen LogP contribution in [-0.2, 0) is 16.0 Å².